The lowest BCUT2D eigenvalue weighted by atomic mass is 10.2. The van der Waals surface area contributed by atoms with E-state index in [0.29, 0.717) is 22.7 Å². The Labute approximate surface area is 212 Å². The summed E-state index contributed by atoms with van der Waals surface area (Å²) < 4.78 is 29.9. The number of nitrogens with zero attached hydrogens (tertiary/aromatic N) is 3. The minimum atomic E-state index is -3.79. The summed E-state index contributed by atoms with van der Waals surface area (Å²) in [7, 11) is -2.31. The molecule has 36 heavy (non-hydrogen) atoms. The normalized spacial score (nSPS) is 11.9. The highest BCUT2D eigenvalue weighted by molar-refractivity contribution is 7.92. The number of amides is 2. The predicted molar refractivity (Wildman–Crippen MR) is 143 cm³/mol. The van der Waals surface area contributed by atoms with Crippen LogP contribution >= 0.6 is 11.3 Å². The van der Waals surface area contributed by atoms with Crippen LogP contribution in [0.2, 0.25) is 0 Å². The highest BCUT2D eigenvalue weighted by atomic mass is 32.2. The summed E-state index contributed by atoms with van der Waals surface area (Å²) in [6, 6.07) is 19.9. The number of benzene rings is 3. The van der Waals surface area contributed by atoms with Gasteiger partial charge in [-0.25, -0.2) is 8.42 Å². The van der Waals surface area contributed by atoms with Crippen LogP contribution in [0.1, 0.15) is 17.3 Å². The molecule has 1 heterocycles. The van der Waals surface area contributed by atoms with Gasteiger partial charge in [-0.3, -0.25) is 13.9 Å². The Bertz CT molecular complexity index is 1620. The Morgan fingerprint density at radius 3 is 2.42 bits per heavy atom. The van der Waals surface area contributed by atoms with Crippen LogP contribution in [0.3, 0.4) is 0 Å². The smallest absolute Gasteiger partial charge is 0.279 e. The van der Waals surface area contributed by atoms with Gasteiger partial charge in [-0.2, -0.15) is 4.99 Å². The molecule has 0 radical (unpaired) electrons. The molecule has 3 aromatic carbocycles. The van der Waals surface area contributed by atoms with Gasteiger partial charge < -0.3 is 9.88 Å². The average molecular weight is 521 g/mol. The van der Waals surface area contributed by atoms with Crippen LogP contribution in [-0.4, -0.2) is 31.8 Å². The standard InChI is InChI=1S/C26H24N4O4S2/c1-4-16-30-23-15-12-20(27-18(2)31)17-24(23)35-26(30)28-25(32)19-10-13-22(14-11-19)36(33,34)29(3)21-8-6-5-7-9-21/h4-15,17H,1,16H2,2-3H3,(H,27,31). The molecule has 8 nitrogen and oxygen atoms in total. The minimum Gasteiger partial charge on any atom is -0.326 e. The van der Waals surface area contributed by atoms with E-state index in [9.17, 15) is 18.0 Å². The lowest BCUT2D eigenvalue weighted by molar-refractivity contribution is -0.114. The molecule has 184 valence electrons. The Morgan fingerprint density at radius 1 is 1.08 bits per heavy atom. The predicted octanol–water partition coefficient (Wildman–Crippen LogP) is 4.41. The first-order valence-corrected chi connectivity index (χ1v) is 13.2. The topological polar surface area (TPSA) is 101 Å². The van der Waals surface area contributed by atoms with Crippen molar-refractivity contribution >= 4 is 54.8 Å². The van der Waals surface area contributed by atoms with Crippen LogP contribution in [0.4, 0.5) is 11.4 Å². The summed E-state index contributed by atoms with van der Waals surface area (Å²) in [5.74, 6) is -0.674. The second-order valence-electron chi connectivity index (χ2n) is 7.90. The fourth-order valence-electron chi connectivity index (χ4n) is 3.60. The van der Waals surface area contributed by atoms with Crippen molar-refractivity contribution in [2.45, 2.75) is 18.4 Å². The SMILES string of the molecule is C=CCn1c(=NC(=O)c2ccc(S(=O)(=O)N(C)c3ccccc3)cc2)sc2cc(NC(C)=O)ccc21. The first kappa shape index (κ1) is 25.1. The molecule has 0 spiro atoms. The fourth-order valence-corrected chi connectivity index (χ4v) is 5.87. The number of nitrogens with one attached hydrogen (secondary N) is 1. The Kier molecular flexibility index (Phi) is 7.18. The van der Waals surface area contributed by atoms with Crippen LogP contribution in [0, 0.1) is 0 Å². The zero-order valence-electron chi connectivity index (χ0n) is 19.7. The fraction of sp³-hybridized carbons (Fsp3) is 0.115. The van der Waals surface area contributed by atoms with Crippen LogP contribution in [0.5, 0.6) is 0 Å². The quantitative estimate of drug-likeness (QED) is 0.365. The van der Waals surface area contributed by atoms with Gasteiger partial charge in [0.05, 0.1) is 20.8 Å². The number of hydrogen-bond acceptors (Lipinski definition) is 5. The molecule has 1 N–H and O–H groups in total. The first-order valence-electron chi connectivity index (χ1n) is 11.0. The zero-order chi connectivity index (χ0) is 25.9. The summed E-state index contributed by atoms with van der Waals surface area (Å²) in [5.41, 5.74) is 2.30. The van der Waals surface area contributed by atoms with E-state index in [4.69, 9.17) is 0 Å². The number of rotatable bonds is 7. The van der Waals surface area contributed by atoms with E-state index in [1.807, 2.05) is 22.8 Å². The molecular weight excluding hydrogens is 496 g/mol. The first-order chi connectivity index (χ1) is 17.2. The van der Waals surface area contributed by atoms with Crippen molar-refractivity contribution in [3.8, 4) is 0 Å². The van der Waals surface area contributed by atoms with Crippen molar-refractivity contribution in [2.75, 3.05) is 16.7 Å². The average Bonchev–Trinajstić information content (AvgIpc) is 3.20. The molecule has 0 atom stereocenters. The number of carbonyl (C=O) groups is 2. The van der Waals surface area contributed by atoms with Gasteiger partial charge >= 0.3 is 0 Å². The van der Waals surface area contributed by atoms with Crippen LogP contribution < -0.4 is 14.4 Å². The van der Waals surface area contributed by atoms with Gasteiger partial charge in [0.1, 0.15) is 0 Å². The second-order valence-corrected chi connectivity index (χ2v) is 10.9. The number of fused-ring (bicyclic) bond motifs is 1. The summed E-state index contributed by atoms with van der Waals surface area (Å²) in [5, 5.41) is 2.75. The van der Waals surface area contributed by atoms with Crippen molar-refractivity contribution in [3.63, 3.8) is 0 Å². The van der Waals surface area contributed by atoms with E-state index < -0.39 is 15.9 Å². The number of sulfonamides is 1. The summed E-state index contributed by atoms with van der Waals surface area (Å²) in [6.07, 6.45) is 1.71. The summed E-state index contributed by atoms with van der Waals surface area (Å²) in [4.78, 5) is 29.2. The number of allylic oxidation sites excluding steroid dienone is 1. The number of hydrogen-bond donors (Lipinski definition) is 1. The van der Waals surface area contributed by atoms with E-state index >= 15 is 0 Å². The second kappa shape index (κ2) is 10.3. The maximum atomic E-state index is 13.0. The summed E-state index contributed by atoms with van der Waals surface area (Å²) >= 11 is 1.31. The van der Waals surface area contributed by atoms with Crippen molar-refractivity contribution in [1.29, 1.82) is 0 Å². The third kappa shape index (κ3) is 5.14. The molecule has 0 bridgehead atoms. The molecule has 0 saturated heterocycles. The number of thiazole rings is 1. The highest BCUT2D eigenvalue weighted by Crippen LogP contribution is 2.24. The van der Waals surface area contributed by atoms with Crippen molar-refractivity contribution in [2.24, 2.45) is 4.99 Å². The van der Waals surface area contributed by atoms with Gasteiger partial charge in [-0.1, -0.05) is 35.6 Å². The monoisotopic (exact) mass is 520 g/mol. The van der Waals surface area contributed by atoms with Gasteiger partial charge in [-0.15, -0.1) is 6.58 Å². The van der Waals surface area contributed by atoms with Gasteiger partial charge in [0.15, 0.2) is 4.80 Å². The largest absolute Gasteiger partial charge is 0.326 e. The molecule has 1 aromatic heterocycles. The van der Waals surface area contributed by atoms with Gasteiger partial charge in [-0.05, 0) is 54.6 Å². The third-order valence-corrected chi connectivity index (χ3v) is 8.23. The van der Waals surface area contributed by atoms with Crippen LogP contribution in [0.15, 0.2) is 95.3 Å². The number of carbonyl (C=O) groups excluding carboxylic acids is 2. The zero-order valence-corrected chi connectivity index (χ0v) is 21.3. The third-order valence-electron chi connectivity index (χ3n) is 5.39. The Hall–Kier alpha value is -4.02. The molecule has 2 amide bonds. The highest BCUT2D eigenvalue weighted by Gasteiger charge is 2.21. The Balaban J connectivity index is 1.66. The number of para-hydroxylation sites is 1. The number of aromatic nitrogens is 1. The molecule has 0 aliphatic heterocycles. The van der Waals surface area contributed by atoms with Crippen molar-refractivity contribution < 1.29 is 18.0 Å². The molecule has 0 saturated carbocycles. The molecule has 0 aliphatic rings. The molecule has 0 aliphatic carbocycles. The molecule has 0 fully saturated rings. The lowest BCUT2D eigenvalue weighted by Crippen LogP contribution is -2.26. The molecule has 0 unspecified atom stereocenters. The maximum absolute atomic E-state index is 13.0. The molecule has 4 rings (SSSR count). The van der Waals surface area contributed by atoms with Gasteiger partial charge in [0.2, 0.25) is 5.91 Å². The van der Waals surface area contributed by atoms with E-state index in [1.165, 1.54) is 53.9 Å². The van der Waals surface area contributed by atoms with Crippen molar-refractivity contribution in [1.82, 2.24) is 4.57 Å². The van der Waals surface area contributed by atoms with E-state index in [2.05, 4.69) is 16.9 Å². The van der Waals surface area contributed by atoms with Gasteiger partial charge in [0.25, 0.3) is 15.9 Å². The summed E-state index contributed by atoms with van der Waals surface area (Å²) in [6.45, 7) is 5.66. The van der Waals surface area contributed by atoms with Crippen LogP contribution in [-0.2, 0) is 21.4 Å². The number of anilines is 2. The Morgan fingerprint density at radius 2 is 1.78 bits per heavy atom. The molecule has 4 aromatic rings. The van der Waals surface area contributed by atoms with E-state index in [0.717, 1.165) is 10.2 Å². The lowest BCUT2D eigenvalue weighted by Gasteiger charge is -2.19. The van der Waals surface area contributed by atoms with Crippen molar-refractivity contribution in [3.05, 3.63) is 95.8 Å². The van der Waals surface area contributed by atoms with E-state index in [-0.39, 0.29) is 16.4 Å². The maximum Gasteiger partial charge on any atom is 0.279 e. The molecule has 10 heteroatoms. The molecular formula is C26H24N4O4S2. The van der Waals surface area contributed by atoms with Gasteiger partial charge in [0, 0.05) is 31.8 Å². The van der Waals surface area contributed by atoms with Crippen LogP contribution in [0.25, 0.3) is 10.2 Å². The van der Waals surface area contributed by atoms with E-state index in [1.54, 1.807) is 36.4 Å². The minimum absolute atomic E-state index is 0.0690.